The standard InChI is InChI=1S/C10H14ClNO2S/c1-6(2)9(10(13)14)12-4-8-3-7(11)5-15-8/h3,5-6,9,12H,4H2,1-2H3,(H,13,14). The Hall–Kier alpha value is -0.580. The Morgan fingerprint density at radius 2 is 2.33 bits per heavy atom. The Balaban J connectivity index is 2.50. The highest BCUT2D eigenvalue weighted by Gasteiger charge is 2.20. The van der Waals surface area contributed by atoms with Gasteiger partial charge in [-0.2, -0.15) is 0 Å². The molecule has 1 aromatic rings. The molecule has 0 amide bonds. The summed E-state index contributed by atoms with van der Waals surface area (Å²) in [6.45, 7) is 4.31. The summed E-state index contributed by atoms with van der Waals surface area (Å²) < 4.78 is 0. The summed E-state index contributed by atoms with van der Waals surface area (Å²) in [7, 11) is 0. The Morgan fingerprint density at radius 3 is 2.73 bits per heavy atom. The van der Waals surface area contributed by atoms with E-state index in [9.17, 15) is 4.79 Å². The van der Waals surface area contributed by atoms with Crippen molar-refractivity contribution in [3.8, 4) is 0 Å². The van der Waals surface area contributed by atoms with Crippen LogP contribution in [-0.2, 0) is 11.3 Å². The fourth-order valence-electron chi connectivity index (χ4n) is 1.27. The van der Waals surface area contributed by atoms with Gasteiger partial charge in [0.15, 0.2) is 0 Å². The van der Waals surface area contributed by atoms with Crippen molar-refractivity contribution in [3.63, 3.8) is 0 Å². The SMILES string of the molecule is CC(C)C(NCc1cc(Cl)cs1)C(=O)O. The van der Waals surface area contributed by atoms with E-state index < -0.39 is 12.0 Å². The molecule has 2 N–H and O–H groups in total. The van der Waals surface area contributed by atoms with Crippen LogP contribution in [0, 0.1) is 5.92 Å². The van der Waals surface area contributed by atoms with Crippen molar-refractivity contribution < 1.29 is 9.90 Å². The molecule has 0 fully saturated rings. The van der Waals surface area contributed by atoms with E-state index in [4.69, 9.17) is 16.7 Å². The molecule has 0 aliphatic carbocycles. The van der Waals surface area contributed by atoms with Crippen molar-refractivity contribution in [3.05, 3.63) is 21.3 Å². The minimum absolute atomic E-state index is 0.0675. The fraction of sp³-hybridized carbons (Fsp3) is 0.500. The van der Waals surface area contributed by atoms with Crippen molar-refractivity contribution in [1.29, 1.82) is 0 Å². The first-order valence-corrected chi connectivity index (χ1v) is 5.95. The van der Waals surface area contributed by atoms with Crippen LogP contribution in [-0.4, -0.2) is 17.1 Å². The maximum absolute atomic E-state index is 10.9. The molecule has 3 nitrogen and oxygen atoms in total. The molecule has 84 valence electrons. The molecule has 5 heteroatoms. The number of rotatable bonds is 5. The van der Waals surface area contributed by atoms with Gasteiger partial charge in [0, 0.05) is 16.8 Å². The first kappa shape index (κ1) is 12.5. The average molecular weight is 248 g/mol. The maximum Gasteiger partial charge on any atom is 0.320 e. The van der Waals surface area contributed by atoms with Crippen molar-refractivity contribution in [2.45, 2.75) is 26.4 Å². The van der Waals surface area contributed by atoms with Gasteiger partial charge in [-0.05, 0) is 12.0 Å². The number of halogens is 1. The molecule has 1 rings (SSSR count). The predicted octanol–water partition coefficient (Wildman–Crippen LogP) is 2.60. The number of thiophene rings is 1. The zero-order valence-corrected chi connectivity index (χ0v) is 10.2. The summed E-state index contributed by atoms with van der Waals surface area (Å²) in [6, 6.07) is 1.34. The van der Waals surface area contributed by atoms with Gasteiger partial charge in [-0.25, -0.2) is 0 Å². The van der Waals surface area contributed by atoms with Gasteiger partial charge < -0.3 is 5.11 Å². The van der Waals surface area contributed by atoms with E-state index in [2.05, 4.69) is 5.32 Å². The molecule has 0 aliphatic rings. The first-order valence-electron chi connectivity index (χ1n) is 4.70. The van der Waals surface area contributed by atoms with Crippen molar-refractivity contribution in [2.75, 3.05) is 0 Å². The number of carboxylic acids is 1. The highest BCUT2D eigenvalue weighted by atomic mass is 35.5. The number of hydrogen-bond acceptors (Lipinski definition) is 3. The van der Waals surface area contributed by atoms with E-state index in [1.807, 2.05) is 25.3 Å². The lowest BCUT2D eigenvalue weighted by Gasteiger charge is -2.17. The van der Waals surface area contributed by atoms with Crippen molar-refractivity contribution >= 4 is 28.9 Å². The molecule has 1 atom stereocenters. The third-order valence-corrected chi connectivity index (χ3v) is 3.34. The zero-order chi connectivity index (χ0) is 11.4. The van der Waals surface area contributed by atoms with E-state index >= 15 is 0 Å². The highest BCUT2D eigenvalue weighted by Crippen LogP contribution is 2.19. The van der Waals surface area contributed by atoms with Crippen LogP contribution in [0.3, 0.4) is 0 Å². The first-order chi connectivity index (χ1) is 7.00. The Kier molecular flexibility index (Phi) is 4.57. The molecule has 1 unspecified atom stereocenters. The minimum atomic E-state index is -0.812. The summed E-state index contributed by atoms with van der Waals surface area (Å²) in [4.78, 5) is 11.9. The molecule has 0 aromatic carbocycles. The molecule has 0 saturated carbocycles. The smallest absolute Gasteiger partial charge is 0.320 e. The minimum Gasteiger partial charge on any atom is -0.480 e. The van der Waals surface area contributed by atoms with E-state index in [1.54, 1.807) is 0 Å². The highest BCUT2D eigenvalue weighted by molar-refractivity contribution is 7.10. The van der Waals surface area contributed by atoms with Crippen LogP contribution in [0.4, 0.5) is 0 Å². The molecule has 0 radical (unpaired) electrons. The zero-order valence-electron chi connectivity index (χ0n) is 8.66. The van der Waals surface area contributed by atoms with Gasteiger partial charge in [-0.3, -0.25) is 10.1 Å². The molecule has 1 aromatic heterocycles. The molecule has 0 aliphatic heterocycles. The third-order valence-electron chi connectivity index (χ3n) is 2.05. The molecule has 1 heterocycles. The van der Waals surface area contributed by atoms with Gasteiger partial charge in [0.25, 0.3) is 0 Å². The number of nitrogens with one attached hydrogen (secondary N) is 1. The van der Waals surface area contributed by atoms with Gasteiger partial charge >= 0.3 is 5.97 Å². The quantitative estimate of drug-likeness (QED) is 0.841. The van der Waals surface area contributed by atoms with Crippen LogP contribution in [0.25, 0.3) is 0 Å². The lowest BCUT2D eigenvalue weighted by atomic mass is 10.1. The molecular weight excluding hydrogens is 234 g/mol. The second-order valence-corrected chi connectivity index (χ2v) is 5.10. The summed E-state index contributed by atoms with van der Waals surface area (Å²) in [5.41, 5.74) is 0. The summed E-state index contributed by atoms with van der Waals surface area (Å²) >= 11 is 7.29. The number of carbonyl (C=O) groups is 1. The second kappa shape index (κ2) is 5.49. The Morgan fingerprint density at radius 1 is 1.67 bits per heavy atom. The lowest BCUT2D eigenvalue weighted by molar-refractivity contribution is -0.140. The average Bonchev–Trinajstić information content (AvgIpc) is 2.50. The van der Waals surface area contributed by atoms with E-state index in [0.29, 0.717) is 11.6 Å². The number of hydrogen-bond donors (Lipinski definition) is 2. The van der Waals surface area contributed by atoms with Crippen molar-refractivity contribution in [1.82, 2.24) is 5.32 Å². The van der Waals surface area contributed by atoms with Crippen LogP contribution in [0.1, 0.15) is 18.7 Å². The topological polar surface area (TPSA) is 49.3 Å². The van der Waals surface area contributed by atoms with Crippen molar-refractivity contribution in [2.24, 2.45) is 5.92 Å². The predicted molar refractivity (Wildman–Crippen MR) is 62.4 cm³/mol. The Labute approximate surface area is 98.1 Å². The second-order valence-electron chi connectivity index (χ2n) is 3.67. The van der Waals surface area contributed by atoms with Gasteiger partial charge in [0.1, 0.15) is 6.04 Å². The normalized spacial score (nSPS) is 13.1. The van der Waals surface area contributed by atoms with Crippen LogP contribution in [0.2, 0.25) is 5.02 Å². The lowest BCUT2D eigenvalue weighted by Crippen LogP contribution is -2.40. The molecule has 0 spiro atoms. The number of aliphatic carboxylic acids is 1. The van der Waals surface area contributed by atoms with Crippen LogP contribution >= 0.6 is 22.9 Å². The molecule has 15 heavy (non-hydrogen) atoms. The molecule has 0 saturated heterocycles. The van der Waals surface area contributed by atoms with Crippen LogP contribution in [0.5, 0.6) is 0 Å². The van der Waals surface area contributed by atoms with Gasteiger partial charge in [0.2, 0.25) is 0 Å². The van der Waals surface area contributed by atoms with E-state index in [1.165, 1.54) is 11.3 Å². The summed E-state index contributed by atoms with van der Waals surface area (Å²) in [5.74, 6) is -0.745. The molecular formula is C10H14ClNO2S. The molecule has 0 bridgehead atoms. The van der Waals surface area contributed by atoms with E-state index in [-0.39, 0.29) is 5.92 Å². The summed E-state index contributed by atoms with van der Waals surface area (Å²) in [6.07, 6.45) is 0. The summed E-state index contributed by atoms with van der Waals surface area (Å²) in [5, 5.41) is 14.5. The third kappa shape index (κ3) is 3.81. The maximum atomic E-state index is 10.9. The monoisotopic (exact) mass is 247 g/mol. The Bertz CT molecular complexity index is 338. The van der Waals surface area contributed by atoms with Crippen LogP contribution in [0.15, 0.2) is 11.4 Å². The van der Waals surface area contributed by atoms with Gasteiger partial charge in [-0.15, -0.1) is 11.3 Å². The largest absolute Gasteiger partial charge is 0.480 e. The van der Waals surface area contributed by atoms with Crippen LogP contribution < -0.4 is 5.32 Å². The number of carboxylic acid groups (broad SMARTS) is 1. The van der Waals surface area contributed by atoms with E-state index in [0.717, 1.165) is 4.88 Å². The fourth-order valence-corrected chi connectivity index (χ4v) is 2.29. The van der Waals surface area contributed by atoms with Gasteiger partial charge in [0.05, 0.1) is 5.02 Å². The van der Waals surface area contributed by atoms with Gasteiger partial charge in [-0.1, -0.05) is 25.4 Å².